The van der Waals surface area contributed by atoms with Crippen molar-refractivity contribution in [1.82, 2.24) is 5.32 Å². The molecule has 1 fully saturated rings. The van der Waals surface area contributed by atoms with E-state index in [1.165, 1.54) is 0 Å². The average molecular weight is 387 g/mol. The van der Waals surface area contributed by atoms with Gasteiger partial charge in [-0.2, -0.15) is 0 Å². The van der Waals surface area contributed by atoms with Gasteiger partial charge in [-0.05, 0) is 48.7 Å². The summed E-state index contributed by atoms with van der Waals surface area (Å²) in [4.78, 5) is 26.5. The third kappa shape index (κ3) is 4.61. The minimum absolute atomic E-state index is 0.0457. The van der Waals surface area contributed by atoms with Crippen molar-refractivity contribution in [2.45, 2.75) is 19.8 Å². The number of nitrogens with zero attached hydrogens (tertiary/aromatic N) is 1. The fourth-order valence-electron chi connectivity index (χ4n) is 3.26. The smallest absolute Gasteiger partial charge is 0.227 e. The molecular formula is C21H23ClN2O3. The molecular weight excluding hydrogens is 364 g/mol. The highest BCUT2D eigenvalue weighted by molar-refractivity contribution is 6.31. The molecule has 1 heterocycles. The van der Waals surface area contributed by atoms with E-state index in [1.807, 2.05) is 37.3 Å². The molecule has 2 aromatic carbocycles. The van der Waals surface area contributed by atoms with Crippen LogP contribution in [0.5, 0.6) is 5.75 Å². The fourth-order valence-corrected chi connectivity index (χ4v) is 3.42. The number of nitrogens with one attached hydrogen (secondary N) is 1. The lowest BCUT2D eigenvalue weighted by Crippen LogP contribution is -2.34. The van der Waals surface area contributed by atoms with Gasteiger partial charge in [-0.3, -0.25) is 9.59 Å². The summed E-state index contributed by atoms with van der Waals surface area (Å²) in [7, 11) is 1.63. The lowest BCUT2D eigenvalue weighted by Gasteiger charge is -2.19. The predicted octanol–water partition coefficient (Wildman–Crippen LogP) is 3.37. The van der Waals surface area contributed by atoms with E-state index >= 15 is 0 Å². The molecule has 142 valence electrons. The number of rotatable bonds is 6. The molecule has 1 aliphatic rings. The molecule has 0 aromatic heterocycles. The number of hydrogen-bond donors (Lipinski definition) is 1. The summed E-state index contributed by atoms with van der Waals surface area (Å²) in [5.41, 5.74) is 2.86. The summed E-state index contributed by atoms with van der Waals surface area (Å²) in [5.74, 6) is 0.338. The number of ether oxygens (including phenoxy) is 1. The van der Waals surface area contributed by atoms with E-state index in [-0.39, 0.29) is 24.2 Å². The van der Waals surface area contributed by atoms with Crippen LogP contribution in [0.3, 0.4) is 0 Å². The number of carbonyl (C=O) groups excluding carboxylic acids is 2. The third-order valence-electron chi connectivity index (χ3n) is 4.83. The molecule has 1 N–H and O–H groups in total. The van der Waals surface area contributed by atoms with Gasteiger partial charge in [-0.1, -0.05) is 29.8 Å². The first kappa shape index (κ1) is 19.2. The zero-order valence-corrected chi connectivity index (χ0v) is 16.3. The number of halogens is 1. The highest BCUT2D eigenvalue weighted by atomic mass is 35.5. The molecule has 0 saturated carbocycles. The van der Waals surface area contributed by atoms with Crippen molar-refractivity contribution >= 4 is 29.1 Å². The number of amides is 2. The van der Waals surface area contributed by atoms with Gasteiger partial charge < -0.3 is 15.0 Å². The molecule has 2 aromatic rings. The van der Waals surface area contributed by atoms with Crippen molar-refractivity contribution in [2.24, 2.45) is 5.92 Å². The maximum Gasteiger partial charge on any atom is 0.227 e. The van der Waals surface area contributed by atoms with Crippen LogP contribution in [0.25, 0.3) is 0 Å². The maximum atomic E-state index is 12.5. The first-order valence-corrected chi connectivity index (χ1v) is 9.33. The highest BCUT2D eigenvalue weighted by Crippen LogP contribution is 2.30. The second kappa shape index (κ2) is 8.44. The topological polar surface area (TPSA) is 58.6 Å². The Hall–Kier alpha value is -2.53. The maximum absolute atomic E-state index is 12.5. The Kier molecular flexibility index (Phi) is 6.01. The van der Waals surface area contributed by atoms with E-state index < -0.39 is 0 Å². The molecule has 5 nitrogen and oxygen atoms in total. The third-order valence-corrected chi connectivity index (χ3v) is 5.06. The van der Waals surface area contributed by atoms with Crippen LogP contribution in [0.15, 0.2) is 42.5 Å². The van der Waals surface area contributed by atoms with Gasteiger partial charge in [0.25, 0.3) is 0 Å². The summed E-state index contributed by atoms with van der Waals surface area (Å²) in [6.07, 6.45) is 0.952. The summed E-state index contributed by atoms with van der Waals surface area (Å²) in [6, 6.07) is 13.2. The Labute approximate surface area is 164 Å². The molecule has 1 aliphatic heterocycles. The summed E-state index contributed by atoms with van der Waals surface area (Å²) < 4.78 is 5.14. The second-order valence-corrected chi connectivity index (χ2v) is 7.16. The SMILES string of the molecule is COc1ccc(CCNC(=O)C2CC(=O)N(c3cc(Cl)ccc3C)C2)cc1. The molecule has 3 rings (SSSR count). The van der Waals surface area contributed by atoms with Gasteiger partial charge in [0.1, 0.15) is 5.75 Å². The monoisotopic (exact) mass is 386 g/mol. The number of hydrogen-bond acceptors (Lipinski definition) is 3. The van der Waals surface area contributed by atoms with Gasteiger partial charge in [0.15, 0.2) is 0 Å². The fraction of sp³-hybridized carbons (Fsp3) is 0.333. The zero-order valence-electron chi connectivity index (χ0n) is 15.5. The lowest BCUT2D eigenvalue weighted by molar-refractivity contribution is -0.126. The van der Waals surface area contributed by atoms with Crippen LogP contribution in [0, 0.1) is 12.8 Å². The van der Waals surface area contributed by atoms with E-state index in [0.29, 0.717) is 18.1 Å². The minimum Gasteiger partial charge on any atom is -0.497 e. The van der Waals surface area contributed by atoms with E-state index in [0.717, 1.165) is 29.0 Å². The number of anilines is 1. The minimum atomic E-state index is -0.341. The van der Waals surface area contributed by atoms with Gasteiger partial charge >= 0.3 is 0 Å². The van der Waals surface area contributed by atoms with Crippen molar-refractivity contribution < 1.29 is 14.3 Å². The Bertz CT molecular complexity index is 836. The van der Waals surface area contributed by atoms with Crippen molar-refractivity contribution in [3.63, 3.8) is 0 Å². The average Bonchev–Trinajstić information content (AvgIpc) is 3.06. The van der Waals surface area contributed by atoms with Crippen LogP contribution in [0.2, 0.25) is 5.02 Å². The summed E-state index contributed by atoms with van der Waals surface area (Å²) >= 11 is 6.06. The Morgan fingerprint density at radius 2 is 2.00 bits per heavy atom. The normalized spacial score (nSPS) is 16.5. The quantitative estimate of drug-likeness (QED) is 0.828. The number of aryl methyl sites for hydroxylation is 1. The van der Waals surface area contributed by atoms with Crippen molar-refractivity contribution in [3.8, 4) is 5.75 Å². The Morgan fingerprint density at radius 3 is 2.70 bits per heavy atom. The Morgan fingerprint density at radius 1 is 1.26 bits per heavy atom. The molecule has 1 unspecified atom stereocenters. The molecule has 1 atom stereocenters. The number of carbonyl (C=O) groups is 2. The summed E-state index contributed by atoms with van der Waals surface area (Å²) in [6.45, 7) is 2.85. The first-order valence-electron chi connectivity index (χ1n) is 8.95. The molecule has 2 amide bonds. The largest absolute Gasteiger partial charge is 0.497 e. The van der Waals surface area contributed by atoms with Crippen molar-refractivity contribution in [1.29, 1.82) is 0 Å². The van der Waals surface area contributed by atoms with E-state index in [1.54, 1.807) is 24.1 Å². The second-order valence-electron chi connectivity index (χ2n) is 6.73. The molecule has 6 heteroatoms. The highest BCUT2D eigenvalue weighted by Gasteiger charge is 2.35. The van der Waals surface area contributed by atoms with Crippen LogP contribution < -0.4 is 15.0 Å². The van der Waals surface area contributed by atoms with E-state index in [2.05, 4.69) is 5.32 Å². The van der Waals surface area contributed by atoms with Crippen LogP contribution in [-0.4, -0.2) is 32.0 Å². The van der Waals surface area contributed by atoms with Gasteiger partial charge in [-0.25, -0.2) is 0 Å². The van der Waals surface area contributed by atoms with Crippen LogP contribution in [0.4, 0.5) is 5.69 Å². The van der Waals surface area contributed by atoms with Gasteiger partial charge in [0, 0.05) is 30.2 Å². The van der Waals surface area contributed by atoms with Crippen LogP contribution in [0.1, 0.15) is 17.5 Å². The molecule has 27 heavy (non-hydrogen) atoms. The Balaban J connectivity index is 1.55. The standard InChI is InChI=1S/C21H23ClN2O3/c1-14-3-6-17(22)12-19(14)24-13-16(11-20(24)25)21(26)23-10-9-15-4-7-18(27-2)8-5-15/h3-8,12,16H,9-11,13H2,1-2H3,(H,23,26). The van der Waals surface area contributed by atoms with Gasteiger partial charge in [0.05, 0.1) is 13.0 Å². The van der Waals surface area contributed by atoms with Crippen molar-refractivity contribution in [3.05, 3.63) is 58.6 Å². The summed E-state index contributed by atoms with van der Waals surface area (Å²) in [5, 5.41) is 3.52. The molecule has 1 saturated heterocycles. The molecule has 0 spiro atoms. The lowest BCUT2D eigenvalue weighted by atomic mass is 10.1. The van der Waals surface area contributed by atoms with Gasteiger partial charge in [-0.15, -0.1) is 0 Å². The predicted molar refractivity (Wildman–Crippen MR) is 106 cm³/mol. The van der Waals surface area contributed by atoms with E-state index in [9.17, 15) is 9.59 Å². The van der Waals surface area contributed by atoms with Crippen LogP contribution >= 0.6 is 11.6 Å². The van der Waals surface area contributed by atoms with Crippen molar-refractivity contribution in [2.75, 3.05) is 25.1 Å². The molecule has 0 bridgehead atoms. The van der Waals surface area contributed by atoms with Gasteiger partial charge in [0.2, 0.25) is 11.8 Å². The number of methoxy groups -OCH3 is 1. The van der Waals surface area contributed by atoms with Crippen LogP contribution in [-0.2, 0) is 16.0 Å². The molecule has 0 aliphatic carbocycles. The number of benzene rings is 2. The van der Waals surface area contributed by atoms with E-state index in [4.69, 9.17) is 16.3 Å². The first-order chi connectivity index (χ1) is 13.0. The molecule has 0 radical (unpaired) electrons. The zero-order chi connectivity index (χ0) is 19.4.